The van der Waals surface area contributed by atoms with Crippen LogP contribution in [0, 0.1) is 0 Å². The Bertz CT molecular complexity index is 1270. The van der Waals surface area contributed by atoms with E-state index in [4.69, 9.17) is 4.84 Å². The third-order valence-electron chi connectivity index (χ3n) is 5.80. The van der Waals surface area contributed by atoms with Crippen molar-refractivity contribution in [3.05, 3.63) is 120 Å². The van der Waals surface area contributed by atoms with E-state index >= 15 is 0 Å². The van der Waals surface area contributed by atoms with Crippen LogP contribution in [0.5, 0.6) is 0 Å². The van der Waals surface area contributed by atoms with Gasteiger partial charge in [-0.3, -0.25) is 14.4 Å². The molecule has 0 unspecified atom stereocenters. The van der Waals surface area contributed by atoms with E-state index in [-0.39, 0.29) is 5.06 Å². The number of benzene rings is 3. The summed E-state index contributed by atoms with van der Waals surface area (Å²) in [5.41, 5.74) is 2.28. The first-order valence-electron chi connectivity index (χ1n) is 11.6. The second kappa shape index (κ2) is 11.6. The van der Waals surface area contributed by atoms with Crippen molar-refractivity contribution in [2.24, 2.45) is 0 Å². The van der Waals surface area contributed by atoms with Crippen LogP contribution in [0.3, 0.4) is 0 Å². The van der Waals surface area contributed by atoms with Crippen molar-refractivity contribution in [2.45, 2.75) is 17.0 Å². The smallest absolute Gasteiger partial charge is 0.334 e. The molecule has 0 saturated carbocycles. The predicted molar refractivity (Wildman–Crippen MR) is 137 cm³/mol. The largest absolute Gasteiger partial charge is 0.471 e. The van der Waals surface area contributed by atoms with E-state index in [1.165, 1.54) is 0 Å². The van der Waals surface area contributed by atoms with Crippen LogP contribution in [0.1, 0.15) is 16.7 Å². The van der Waals surface area contributed by atoms with E-state index in [0.29, 0.717) is 0 Å². The van der Waals surface area contributed by atoms with Crippen molar-refractivity contribution in [3.63, 3.8) is 0 Å². The molecule has 0 radical (unpaired) electrons. The van der Waals surface area contributed by atoms with Gasteiger partial charge in [0.15, 0.2) is 0 Å². The lowest BCUT2D eigenvalue weighted by Gasteiger charge is -2.36. The van der Waals surface area contributed by atoms with Gasteiger partial charge in [-0.2, -0.15) is 13.2 Å². The van der Waals surface area contributed by atoms with E-state index in [1.54, 1.807) is 5.32 Å². The molecule has 0 fully saturated rings. The molecule has 1 N–H and O–H groups in total. The molecule has 7 nitrogen and oxygen atoms in total. The van der Waals surface area contributed by atoms with Crippen LogP contribution in [-0.2, 0) is 28.8 Å². The minimum absolute atomic E-state index is 0.124. The minimum atomic E-state index is -5.29. The average molecular weight is 555 g/mol. The lowest BCUT2D eigenvalue weighted by Crippen LogP contribution is -2.51. The van der Waals surface area contributed by atoms with E-state index in [0.717, 1.165) is 40.6 Å². The van der Waals surface area contributed by atoms with Crippen LogP contribution in [0.4, 0.5) is 13.2 Å². The second-order valence-corrected chi connectivity index (χ2v) is 9.56. The number of rotatable bonds is 9. The van der Waals surface area contributed by atoms with Gasteiger partial charge in [0, 0.05) is 17.9 Å². The Kier molecular flexibility index (Phi) is 8.20. The topological polar surface area (TPSA) is 92.8 Å². The fourth-order valence-electron chi connectivity index (χ4n) is 4.02. The quantitative estimate of drug-likeness (QED) is 0.316. The summed E-state index contributed by atoms with van der Waals surface area (Å²) in [6.07, 6.45) is -3.60. The molecule has 39 heavy (non-hydrogen) atoms. The molecule has 3 aromatic rings. The van der Waals surface area contributed by atoms with E-state index in [2.05, 4.69) is 0 Å². The van der Waals surface area contributed by atoms with Gasteiger partial charge in [0.1, 0.15) is 6.04 Å². The zero-order valence-corrected chi connectivity index (χ0v) is 20.9. The number of hydrogen-bond acceptors (Lipinski definition) is 6. The molecule has 200 valence electrons. The van der Waals surface area contributed by atoms with Crippen LogP contribution < -0.4 is 5.32 Å². The number of thioether (sulfide) groups is 1. The number of imide groups is 1. The number of carbonyl (C=O) groups is 4. The number of carbonyl (C=O) groups excluding carboxylic acids is 4. The van der Waals surface area contributed by atoms with Crippen LogP contribution in [0.2, 0.25) is 0 Å². The predicted octanol–water partition coefficient (Wildman–Crippen LogP) is 4.14. The highest BCUT2D eigenvalue weighted by atomic mass is 32.2. The van der Waals surface area contributed by atoms with Gasteiger partial charge in [0.05, 0.1) is 4.75 Å². The molecule has 1 aliphatic rings. The molecule has 0 aromatic heterocycles. The molecule has 0 saturated heterocycles. The van der Waals surface area contributed by atoms with Crippen LogP contribution in [-0.4, -0.2) is 46.7 Å². The van der Waals surface area contributed by atoms with Crippen molar-refractivity contribution in [1.29, 1.82) is 0 Å². The first-order chi connectivity index (χ1) is 18.6. The highest BCUT2D eigenvalue weighted by molar-refractivity contribution is 8.00. The molecule has 3 amide bonds. The number of amides is 3. The molecule has 1 atom stereocenters. The van der Waals surface area contributed by atoms with E-state index in [1.807, 2.05) is 91.0 Å². The van der Waals surface area contributed by atoms with Gasteiger partial charge in [0.2, 0.25) is 0 Å². The van der Waals surface area contributed by atoms with Crippen LogP contribution in [0.15, 0.2) is 103 Å². The first-order valence-corrected chi connectivity index (χ1v) is 12.6. The third-order valence-corrected chi connectivity index (χ3v) is 7.44. The maximum Gasteiger partial charge on any atom is 0.471 e. The van der Waals surface area contributed by atoms with Crippen molar-refractivity contribution in [2.75, 3.05) is 5.75 Å². The Morgan fingerprint density at radius 1 is 0.769 bits per heavy atom. The summed E-state index contributed by atoms with van der Waals surface area (Å²) in [6, 6.07) is 25.5. The summed E-state index contributed by atoms with van der Waals surface area (Å²) in [7, 11) is 0. The summed E-state index contributed by atoms with van der Waals surface area (Å²) in [6.45, 7) is 0. The summed E-state index contributed by atoms with van der Waals surface area (Å²) in [5.74, 6) is -6.15. The Labute approximate surface area is 225 Å². The third kappa shape index (κ3) is 6.04. The maximum atomic E-state index is 13.2. The molecular formula is C28H21F3N2O5S. The fourth-order valence-corrected chi connectivity index (χ4v) is 5.56. The van der Waals surface area contributed by atoms with E-state index in [9.17, 15) is 32.3 Å². The van der Waals surface area contributed by atoms with Crippen LogP contribution in [0.25, 0.3) is 0 Å². The summed E-state index contributed by atoms with van der Waals surface area (Å²) in [5, 5.41) is 1.78. The number of halogens is 3. The molecule has 4 rings (SSSR count). The zero-order chi connectivity index (χ0) is 28.0. The van der Waals surface area contributed by atoms with Crippen molar-refractivity contribution in [1.82, 2.24) is 10.4 Å². The molecule has 1 heterocycles. The Morgan fingerprint density at radius 2 is 1.18 bits per heavy atom. The monoisotopic (exact) mass is 554 g/mol. The first kappa shape index (κ1) is 27.6. The standard InChI is InChI=1S/C28H21F3N2O5S/c29-28(30,31)26(37)32-22(25(36)38-33-23(34)16-17-24(33)35)18-39-27(19-10-4-1-5-11-19,20-12-6-2-7-13-20)21-14-8-3-9-15-21/h1-17,22H,18H2,(H,32,37)/t22-/m0/s1. The van der Waals surface area contributed by atoms with Gasteiger partial charge in [-0.25, -0.2) is 4.79 Å². The number of hydrogen-bond donors (Lipinski definition) is 1. The number of alkyl halides is 3. The number of nitrogens with one attached hydrogen (secondary N) is 1. The average Bonchev–Trinajstić information content (AvgIpc) is 3.26. The molecule has 11 heteroatoms. The van der Waals surface area contributed by atoms with Gasteiger partial charge < -0.3 is 10.2 Å². The van der Waals surface area contributed by atoms with Crippen LogP contribution >= 0.6 is 11.8 Å². The fraction of sp³-hybridized carbons (Fsp3) is 0.143. The van der Waals surface area contributed by atoms with Gasteiger partial charge in [-0.15, -0.1) is 11.8 Å². The maximum absolute atomic E-state index is 13.2. The Balaban J connectivity index is 1.75. The highest BCUT2D eigenvalue weighted by Gasteiger charge is 2.44. The molecule has 3 aromatic carbocycles. The van der Waals surface area contributed by atoms with E-state index < -0.39 is 46.4 Å². The van der Waals surface area contributed by atoms with Crippen molar-refractivity contribution in [3.8, 4) is 0 Å². The molecule has 0 bridgehead atoms. The molecule has 1 aliphatic heterocycles. The number of nitrogens with zero attached hydrogens (tertiary/aromatic N) is 1. The Morgan fingerprint density at radius 3 is 1.56 bits per heavy atom. The van der Waals surface area contributed by atoms with Gasteiger partial charge >= 0.3 is 18.1 Å². The summed E-state index contributed by atoms with van der Waals surface area (Å²) in [4.78, 5) is 53.4. The molecular weight excluding hydrogens is 533 g/mol. The molecule has 0 aliphatic carbocycles. The summed E-state index contributed by atoms with van der Waals surface area (Å²) >= 11 is 1.09. The van der Waals surface area contributed by atoms with Crippen molar-refractivity contribution < 1.29 is 37.2 Å². The lowest BCUT2D eigenvalue weighted by molar-refractivity contribution is -0.198. The Hall–Kier alpha value is -4.38. The van der Waals surface area contributed by atoms with Gasteiger partial charge in [0.25, 0.3) is 11.8 Å². The van der Waals surface area contributed by atoms with Crippen molar-refractivity contribution >= 4 is 35.5 Å². The lowest BCUT2D eigenvalue weighted by atomic mass is 9.84. The normalized spacial score (nSPS) is 14.3. The zero-order valence-electron chi connectivity index (χ0n) is 20.1. The molecule has 0 spiro atoms. The SMILES string of the molecule is O=C(ON1C(=O)C=CC1=O)[C@H](CSC(c1ccccc1)(c1ccccc1)c1ccccc1)NC(=O)C(F)(F)F. The number of hydroxylamine groups is 2. The second-order valence-electron chi connectivity index (χ2n) is 8.33. The summed E-state index contributed by atoms with van der Waals surface area (Å²) < 4.78 is 38.5. The van der Waals surface area contributed by atoms with Gasteiger partial charge in [-0.1, -0.05) is 96.1 Å². The minimum Gasteiger partial charge on any atom is -0.334 e. The van der Waals surface area contributed by atoms with Gasteiger partial charge in [-0.05, 0) is 16.7 Å². The highest BCUT2D eigenvalue weighted by Crippen LogP contribution is 2.48.